The third-order valence-electron chi connectivity index (χ3n) is 4.52. The van der Waals surface area contributed by atoms with E-state index in [0.717, 1.165) is 17.5 Å². The first-order chi connectivity index (χ1) is 12.9. The van der Waals surface area contributed by atoms with Gasteiger partial charge in [-0.1, -0.05) is 6.07 Å². The average molecular weight is 370 g/mol. The Morgan fingerprint density at radius 1 is 1.15 bits per heavy atom. The normalized spacial score (nSPS) is 15.0. The largest absolute Gasteiger partial charge is 0.399 e. The van der Waals surface area contributed by atoms with Crippen LogP contribution in [0.25, 0.3) is 10.9 Å². The van der Waals surface area contributed by atoms with Gasteiger partial charge >= 0.3 is 0 Å². The van der Waals surface area contributed by atoms with Crippen molar-refractivity contribution in [3.05, 3.63) is 72.4 Å². The minimum Gasteiger partial charge on any atom is -0.399 e. The molecule has 2 aromatic carbocycles. The first-order valence-electron chi connectivity index (χ1n) is 8.12. The monoisotopic (exact) mass is 370 g/mol. The van der Waals surface area contributed by atoms with E-state index in [1.807, 2.05) is 0 Å². The fourth-order valence-corrected chi connectivity index (χ4v) is 3.26. The van der Waals surface area contributed by atoms with Crippen LogP contribution < -0.4 is 5.73 Å². The number of benzene rings is 2. The number of aliphatic hydroxyl groups is 1. The lowest BCUT2D eigenvalue weighted by Crippen LogP contribution is -2.40. The molecule has 2 aromatic heterocycles. The zero-order chi connectivity index (χ0) is 19.2. The van der Waals surface area contributed by atoms with Crippen molar-refractivity contribution >= 4 is 16.6 Å². The third kappa shape index (κ3) is 2.81. The fourth-order valence-electron chi connectivity index (χ4n) is 3.26. The number of aromatic nitrogens is 5. The van der Waals surface area contributed by atoms with E-state index in [1.165, 1.54) is 35.0 Å². The summed E-state index contributed by atoms with van der Waals surface area (Å²) in [5, 5.41) is 20.5. The van der Waals surface area contributed by atoms with Gasteiger partial charge in [-0.3, -0.25) is 0 Å². The highest BCUT2D eigenvalue weighted by molar-refractivity contribution is 5.82. The Bertz CT molecular complexity index is 1110. The predicted molar refractivity (Wildman–Crippen MR) is 94.5 cm³/mol. The summed E-state index contributed by atoms with van der Waals surface area (Å²) in [5.74, 6) is -1.60. The van der Waals surface area contributed by atoms with Crippen LogP contribution in [0, 0.1) is 11.6 Å². The summed E-state index contributed by atoms with van der Waals surface area (Å²) in [6, 6.07) is 8.21. The van der Waals surface area contributed by atoms with E-state index in [2.05, 4.69) is 15.2 Å². The van der Waals surface area contributed by atoms with Crippen LogP contribution in [0.15, 0.2) is 55.2 Å². The SMILES string of the molecule is CC(O)(c1ccc(F)cc1F)C(n1cncn1)n1ncc2cc(N)ccc21. The van der Waals surface area contributed by atoms with Crippen molar-refractivity contribution in [3.63, 3.8) is 0 Å². The Morgan fingerprint density at radius 2 is 1.96 bits per heavy atom. The van der Waals surface area contributed by atoms with Crippen LogP contribution in [0.1, 0.15) is 18.7 Å². The zero-order valence-corrected chi connectivity index (χ0v) is 14.3. The van der Waals surface area contributed by atoms with E-state index in [9.17, 15) is 13.9 Å². The van der Waals surface area contributed by atoms with Crippen LogP contribution in [0.2, 0.25) is 0 Å². The maximum absolute atomic E-state index is 14.5. The lowest BCUT2D eigenvalue weighted by atomic mass is 9.91. The molecule has 0 amide bonds. The van der Waals surface area contributed by atoms with Crippen molar-refractivity contribution in [2.75, 3.05) is 5.73 Å². The minimum atomic E-state index is -1.83. The highest BCUT2D eigenvalue weighted by atomic mass is 19.1. The summed E-state index contributed by atoms with van der Waals surface area (Å²) < 4.78 is 30.7. The second-order valence-corrected chi connectivity index (χ2v) is 6.43. The zero-order valence-electron chi connectivity index (χ0n) is 14.3. The van der Waals surface area contributed by atoms with Gasteiger partial charge in [0.1, 0.15) is 29.9 Å². The lowest BCUT2D eigenvalue weighted by Gasteiger charge is -2.34. The van der Waals surface area contributed by atoms with E-state index in [4.69, 9.17) is 5.73 Å². The number of fused-ring (bicyclic) bond motifs is 1. The molecular weight excluding hydrogens is 354 g/mol. The number of nitrogens with two attached hydrogens (primary N) is 1. The van der Waals surface area contributed by atoms with Gasteiger partial charge in [0, 0.05) is 22.7 Å². The van der Waals surface area contributed by atoms with Crippen LogP contribution >= 0.6 is 0 Å². The van der Waals surface area contributed by atoms with Gasteiger partial charge in [-0.15, -0.1) is 0 Å². The molecule has 0 aliphatic carbocycles. The van der Waals surface area contributed by atoms with Crippen LogP contribution in [0.5, 0.6) is 0 Å². The second kappa shape index (κ2) is 6.13. The lowest BCUT2D eigenvalue weighted by molar-refractivity contribution is -0.0233. The van der Waals surface area contributed by atoms with Gasteiger partial charge in [0.15, 0.2) is 6.17 Å². The third-order valence-corrected chi connectivity index (χ3v) is 4.52. The summed E-state index contributed by atoms with van der Waals surface area (Å²) in [7, 11) is 0. The highest BCUT2D eigenvalue weighted by Gasteiger charge is 2.40. The maximum atomic E-state index is 14.5. The molecule has 138 valence electrons. The van der Waals surface area contributed by atoms with Gasteiger partial charge < -0.3 is 10.8 Å². The molecule has 3 N–H and O–H groups in total. The molecule has 7 nitrogen and oxygen atoms in total. The molecule has 27 heavy (non-hydrogen) atoms. The quantitative estimate of drug-likeness (QED) is 0.538. The molecule has 0 saturated heterocycles. The first kappa shape index (κ1) is 17.1. The molecule has 0 spiro atoms. The number of halogens is 2. The van der Waals surface area contributed by atoms with Crippen molar-refractivity contribution in [3.8, 4) is 0 Å². The van der Waals surface area contributed by atoms with Gasteiger partial charge in [-0.05, 0) is 31.2 Å². The van der Waals surface area contributed by atoms with Gasteiger partial charge in [0.25, 0.3) is 0 Å². The molecule has 2 atom stereocenters. The van der Waals surface area contributed by atoms with Crippen molar-refractivity contribution in [2.24, 2.45) is 0 Å². The number of anilines is 1. The molecule has 0 aliphatic heterocycles. The van der Waals surface area contributed by atoms with Crippen molar-refractivity contribution in [1.29, 1.82) is 0 Å². The molecule has 0 bridgehead atoms. The van der Waals surface area contributed by atoms with E-state index >= 15 is 0 Å². The molecule has 4 aromatic rings. The van der Waals surface area contributed by atoms with Gasteiger partial charge in [-0.2, -0.15) is 10.2 Å². The van der Waals surface area contributed by atoms with E-state index in [-0.39, 0.29) is 5.56 Å². The molecule has 0 radical (unpaired) electrons. The molecule has 4 rings (SSSR count). The van der Waals surface area contributed by atoms with Crippen LogP contribution in [-0.2, 0) is 5.60 Å². The molecule has 0 fully saturated rings. The fraction of sp³-hybridized carbons (Fsp3) is 0.167. The predicted octanol–water partition coefficient (Wildman–Crippen LogP) is 2.44. The summed E-state index contributed by atoms with van der Waals surface area (Å²) in [6.45, 7) is 1.42. The van der Waals surface area contributed by atoms with Crippen molar-refractivity contribution in [1.82, 2.24) is 24.5 Å². The van der Waals surface area contributed by atoms with Gasteiger partial charge in [-0.25, -0.2) is 23.1 Å². The Hall–Kier alpha value is -3.33. The van der Waals surface area contributed by atoms with Crippen molar-refractivity contribution < 1.29 is 13.9 Å². The Balaban J connectivity index is 1.94. The van der Waals surface area contributed by atoms with E-state index < -0.39 is 23.4 Å². The van der Waals surface area contributed by atoms with Crippen molar-refractivity contribution in [2.45, 2.75) is 18.7 Å². The Morgan fingerprint density at radius 3 is 2.67 bits per heavy atom. The number of nitrogens with zero attached hydrogens (tertiary/aromatic N) is 5. The van der Waals surface area contributed by atoms with Gasteiger partial charge in [0.2, 0.25) is 0 Å². The number of hydrogen-bond acceptors (Lipinski definition) is 5. The molecular formula is C18H16F2N6O. The molecule has 2 heterocycles. The summed E-state index contributed by atoms with van der Waals surface area (Å²) >= 11 is 0. The molecule has 9 heteroatoms. The van der Waals surface area contributed by atoms with Gasteiger partial charge in [0.05, 0.1) is 11.7 Å². The minimum absolute atomic E-state index is 0.0940. The smallest absolute Gasteiger partial charge is 0.178 e. The van der Waals surface area contributed by atoms with Crippen LogP contribution in [0.4, 0.5) is 14.5 Å². The Labute approximate surface area is 152 Å². The number of hydrogen-bond donors (Lipinski definition) is 2. The molecule has 0 saturated carbocycles. The summed E-state index contributed by atoms with van der Waals surface area (Å²) in [6.07, 6.45) is 3.30. The average Bonchev–Trinajstić information content (AvgIpc) is 3.25. The summed E-state index contributed by atoms with van der Waals surface area (Å²) in [5.41, 5.74) is 5.12. The summed E-state index contributed by atoms with van der Waals surface area (Å²) in [4.78, 5) is 3.92. The second-order valence-electron chi connectivity index (χ2n) is 6.43. The van der Waals surface area contributed by atoms with Crippen LogP contribution in [0.3, 0.4) is 0 Å². The van der Waals surface area contributed by atoms with E-state index in [0.29, 0.717) is 11.2 Å². The first-order valence-corrected chi connectivity index (χ1v) is 8.12. The van der Waals surface area contributed by atoms with E-state index in [1.54, 1.807) is 24.4 Å². The Kier molecular flexibility index (Phi) is 3.88. The topological polar surface area (TPSA) is 94.8 Å². The molecule has 0 aliphatic rings. The number of rotatable bonds is 4. The highest BCUT2D eigenvalue weighted by Crippen LogP contribution is 2.37. The van der Waals surface area contributed by atoms with Crippen LogP contribution in [-0.4, -0.2) is 29.7 Å². The maximum Gasteiger partial charge on any atom is 0.178 e. The standard InChI is InChI=1S/C18H16F2N6O/c1-18(27,14-4-2-12(19)7-15(14)20)17(25-10-22-9-24-25)26-16-5-3-13(21)6-11(16)8-23-26/h2-10,17,27H,21H2,1H3. The number of nitrogen functional groups attached to an aromatic ring is 1. The molecule has 2 unspecified atom stereocenters.